The molecule has 3 aromatic rings. The van der Waals surface area contributed by atoms with Crippen molar-refractivity contribution in [3.8, 4) is 0 Å². The first-order chi connectivity index (χ1) is 13.4. The molecular weight excluding hydrogens is 428 g/mol. The van der Waals surface area contributed by atoms with Crippen molar-refractivity contribution in [1.82, 2.24) is 0 Å². The van der Waals surface area contributed by atoms with Crippen LogP contribution in [0.1, 0.15) is 6.92 Å². The standard InChI is InChI=1S/C23H28PS2Si2/c1-20(27(2)26-28(3,4)25)24(21-14-8-5-9-15-21,22-16-10-6-11-17-22)23-18-12-7-13-19-23/h5-20H,1-4H3. The molecule has 0 aromatic heterocycles. The van der Waals surface area contributed by atoms with Gasteiger partial charge >= 0.3 is 0 Å². The van der Waals surface area contributed by atoms with Crippen molar-refractivity contribution in [3.63, 3.8) is 0 Å². The average Bonchev–Trinajstić information content (AvgIpc) is 2.70. The molecule has 0 heterocycles. The van der Waals surface area contributed by atoms with Gasteiger partial charge in [-0.1, -0.05) is 74.2 Å². The van der Waals surface area contributed by atoms with Gasteiger partial charge in [-0.2, -0.15) is 0 Å². The van der Waals surface area contributed by atoms with Crippen LogP contribution in [-0.2, 0) is 12.1 Å². The molecule has 3 aromatic carbocycles. The lowest BCUT2D eigenvalue weighted by molar-refractivity contribution is 1.34. The van der Waals surface area contributed by atoms with Gasteiger partial charge in [-0.3, -0.25) is 0 Å². The fraction of sp³-hybridized carbons (Fsp3) is 0.217. The molecule has 28 heavy (non-hydrogen) atoms. The first-order valence-corrected chi connectivity index (χ1v) is 20.0. The summed E-state index contributed by atoms with van der Waals surface area (Å²) < 4.78 is 0. The minimum Gasteiger partial charge on any atom is -0.786 e. The smallest absolute Gasteiger partial charge is 0.158 e. The van der Waals surface area contributed by atoms with Gasteiger partial charge in [0.15, 0.2) is 7.95 Å². The van der Waals surface area contributed by atoms with Crippen LogP contribution in [0.3, 0.4) is 0 Å². The first-order valence-electron chi connectivity index (χ1n) is 9.64. The third kappa shape index (κ3) is 4.68. The summed E-state index contributed by atoms with van der Waals surface area (Å²) in [5.41, 5.74) is 0. The van der Waals surface area contributed by atoms with Crippen LogP contribution in [-0.4, -0.2) is 19.6 Å². The summed E-state index contributed by atoms with van der Waals surface area (Å²) in [5.74, 6) is 0. The Morgan fingerprint density at radius 3 is 1.36 bits per heavy atom. The second-order valence-corrected chi connectivity index (χ2v) is 28.1. The van der Waals surface area contributed by atoms with Crippen molar-refractivity contribution in [3.05, 3.63) is 91.0 Å². The van der Waals surface area contributed by atoms with E-state index >= 15 is 0 Å². The van der Waals surface area contributed by atoms with E-state index in [4.69, 9.17) is 12.1 Å². The van der Waals surface area contributed by atoms with Crippen LogP contribution >= 0.6 is 17.9 Å². The largest absolute Gasteiger partial charge is 0.786 e. The van der Waals surface area contributed by atoms with E-state index in [9.17, 15) is 0 Å². The lowest BCUT2D eigenvalue weighted by Crippen LogP contribution is -2.44. The van der Waals surface area contributed by atoms with E-state index in [-0.39, 0.29) is 0 Å². The van der Waals surface area contributed by atoms with E-state index in [1.165, 1.54) is 15.9 Å². The molecule has 1 atom stereocenters. The average molecular weight is 456 g/mol. The molecule has 0 amide bonds. The quantitative estimate of drug-likeness (QED) is 0.262. The predicted molar refractivity (Wildman–Crippen MR) is 139 cm³/mol. The summed E-state index contributed by atoms with van der Waals surface area (Å²) in [5, 5.41) is 5.03. The molecule has 145 valence electrons. The lowest BCUT2D eigenvalue weighted by Gasteiger charge is -2.39. The van der Waals surface area contributed by atoms with E-state index in [0.29, 0.717) is 5.28 Å². The second kappa shape index (κ2) is 9.36. The van der Waals surface area contributed by atoms with Gasteiger partial charge in [-0.05, 0) is 49.7 Å². The maximum Gasteiger partial charge on any atom is 0.158 e. The summed E-state index contributed by atoms with van der Waals surface area (Å²) in [6, 6.07) is 33.7. The summed E-state index contributed by atoms with van der Waals surface area (Å²) in [6.45, 7) is 9.60. The molecule has 0 nitrogen and oxygen atoms in total. The highest BCUT2D eigenvalue weighted by Crippen LogP contribution is 2.61. The monoisotopic (exact) mass is 455 g/mol. The molecular formula is C23H28PS2Si2. The van der Waals surface area contributed by atoms with Crippen LogP contribution in [0.2, 0.25) is 19.6 Å². The Kier molecular flexibility index (Phi) is 7.33. The Morgan fingerprint density at radius 1 is 0.750 bits per heavy atom. The van der Waals surface area contributed by atoms with E-state index < -0.39 is 21.6 Å². The highest BCUT2D eigenvalue weighted by molar-refractivity contribution is 8.59. The SMILES string of the molecule is CC([Si](C)S[Si](C)(C)[S-])[P+](c1ccccc1)(c1ccccc1)c1ccccc1. The van der Waals surface area contributed by atoms with Crippen molar-refractivity contribution in [2.45, 2.75) is 31.8 Å². The van der Waals surface area contributed by atoms with Gasteiger partial charge < -0.3 is 12.1 Å². The maximum absolute atomic E-state index is 5.89. The van der Waals surface area contributed by atoms with Gasteiger partial charge in [-0.15, -0.1) is 0 Å². The lowest BCUT2D eigenvalue weighted by atomic mass is 10.4. The van der Waals surface area contributed by atoms with Crippen molar-refractivity contribution >= 4 is 60.2 Å². The van der Waals surface area contributed by atoms with E-state index in [1.807, 2.05) is 0 Å². The van der Waals surface area contributed by atoms with Crippen LogP contribution in [0.25, 0.3) is 0 Å². The summed E-state index contributed by atoms with van der Waals surface area (Å²) >= 11 is 5.89. The summed E-state index contributed by atoms with van der Waals surface area (Å²) in [6.07, 6.45) is -1.60. The van der Waals surface area contributed by atoms with Gasteiger partial charge in [-0.25, -0.2) is 10.7 Å². The summed E-state index contributed by atoms with van der Waals surface area (Å²) in [7, 11) is -0.326. The predicted octanol–water partition coefficient (Wildman–Crippen LogP) is 5.51. The van der Waals surface area contributed by atoms with Crippen LogP contribution in [0.15, 0.2) is 91.0 Å². The van der Waals surface area contributed by atoms with Crippen molar-refractivity contribution in [2.75, 3.05) is 0 Å². The van der Waals surface area contributed by atoms with Gasteiger partial charge in [0, 0.05) is 0 Å². The molecule has 0 fully saturated rings. The van der Waals surface area contributed by atoms with Crippen LogP contribution < -0.4 is 15.9 Å². The highest BCUT2D eigenvalue weighted by Gasteiger charge is 2.52. The Labute approximate surface area is 182 Å². The second-order valence-electron chi connectivity index (χ2n) is 7.52. The zero-order valence-electron chi connectivity index (χ0n) is 17.0. The zero-order valence-corrected chi connectivity index (χ0v) is 21.5. The summed E-state index contributed by atoms with van der Waals surface area (Å²) in [4.78, 5) is 0. The van der Waals surface area contributed by atoms with Gasteiger partial charge in [0.1, 0.15) is 23.2 Å². The molecule has 1 unspecified atom stereocenters. The highest BCUT2D eigenvalue weighted by atomic mass is 32.7. The molecule has 0 aliphatic rings. The minimum absolute atomic E-state index is 0.587. The third-order valence-corrected chi connectivity index (χ3v) is 27.5. The molecule has 0 N–H and O–H groups in total. The van der Waals surface area contributed by atoms with Gasteiger partial charge in [0.25, 0.3) is 0 Å². The molecule has 5 heteroatoms. The van der Waals surface area contributed by atoms with Crippen LogP contribution in [0.4, 0.5) is 0 Å². The maximum atomic E-state index is 5.89. The fourth-order valence-corrected chi connectivity index (χ4v) is 30.2. The minimum atomic E-state index is -1.79. The van der Waals surface area contributed by atoms with Crippen molar-refractivity contribution in [2.24, 2.45) is 0 Å². The van der Waals surface area contributed by atoms with Crippen LogP contribution in [0.5, 0.6) is 0 Å². The zero-order chi connectivity index (χ0) is 20.2. The van der Waals surface area contributed by atoms with E-state index in [0.717, 1.165) is 0 Å². The number of rotatable bonds is 7. The molecule has 0 aliphatic heterocycles. The molecule has 0 aliphatic carbocycles. The molecule has 0 saturated heterocycles. The Hall–Kier alpha value is -0.776. The van der Waals surface area contributed by atoms with Crippen LogP contribution in [0, 0.1) is 0 Å². The molecule has 3 rings (SSSR count). The van der Waals surface area contributed by atoms with Gasteiger partial charge in [0.2, 0.25) is 0 Å². The first kappa shape index (κ1) is 21.9. The third-order valence-electron chi connectivity index (χ3n) is 5.07. The van der Waals surface area contributed by atoms with Crippen molar-refractivity contribution < 1.29 is 0 Å². The topological polar surface area (TPSA) is 0 Å². The van der Waals surface area contributed by atoms with E-state index in [2.05, 4.69) is 128 Å². The number of hydrogen-bond acceptors (Lipinski definition) is 2. The molecule has 0 saturated carbocycles. The molecule has 1 radical (unpaired) electrons. The Balaban J connectivity index is 2.28. The molecule has 0 spiro atoms. The fourth-order valence-electron chi connectivity index (χ4n) is 3.85. The Bertz CT molecular complexity index is 771. The van der Waals surface area contributed by atoms with E-state index in [1.54, 1.807) is 0 Å². The number of benzene rings is 3. The Morgan fingerprint density at radius 2 is 1.07 bits per heavy atom. The normalized spacial score (nSPS) is 13.5. The van der Waals surface area contributed by atoms with Gasteiger partial charge in [0.05, 0.1) is 5.28 Å². The molecule has 0 bridgehead atoms. The number of hydrogen-bond donors (Lipinski definition) is 0. The van der Waals surface area contributed by atoms with Crippen molar-refractivity contribution in [1.29, 1.82) is 0 Å².